The van der Waals surface area contributed by atoms with Crippen molar-refractivity contribution in [1.29, 1.82) is 0 Å². The highest BCUT2D eigenvalue weighted by Gasteiger charge is 2.20. The molecular weight excluding hydrogens is 252 g/mol. The Hall–Kier alpha value is -1.36. The van der Waals surface area contributed by atoms with Crippen molar-refractivity contribution in [2.24, 2.45) is 5.92 Å². The van der Waals surface area contributed by atoms with E-state index in [1.54, 1.807) is 13.4 Å². The summed E-state index contributed by atoms with van der Waals surface area (Å²) < 4.78 is 5.32. The van der Waals surface area contributed by atoms with Crippen LogP contribution in [0.2, 0.25) is 0 Å². The lowest BCUT2D eigenvalue weighted by molar-refractivity contribution is 0.371. The molecule has 0 aliphatic carbocycles. The Labute approximate surface area is 121 Å². The topological polar surface area (TPSA) is 50.3 Å². The number of aromatic nitrogens is 2. The molecule has 1 saturated heterocycles. The standard InChI is InChI=1S/C15H26N4O/c1-4-9-19(10-13-5-7-16-8-6-13)14-12(2)15(20-3)18-11-17-14/h11,13,16H,4-10H2,1-3H3. The summed E-state index contributed by atoms with van der Waals surface area (Å²) in [6.45, 7) is 8.64. The van der Waals surface area contributed by atoms with Crippen LogP contribution in [0.15, 0.2) is 6.33 Å². The number of nitrogens with zero attached hydrogens (tertiary/aromatic N) is 3. The lowest BCUT2D eigenvalue weighted by Gasteiger charge is -2.31. The number of ether oxygens (including phenoxy) is 1. The van der Waals surface area contributed by atoms with Gasteiger partial charge in [-0.2, -0.15) is 0 Å². The van der Waals surface area contributed by atoms with Crippen LogP contribution in [-0.4, -0.2) is 43.3 Å². The summed E-state index contributed by atoms with van der Waals surface area (Å²) in [6, 6.07) is 0. The van der Waals surface area contributed by atoms with E-state index in [1.807, 2.05) is 6.92 Å². The van der Waals surface area contributed by atoms with Gasteiger partial charge in [-0.05, 0) is 45.2 Å². The van der Waals surface area contributed by atoms with Gasteiger partial charge in [-0.15, -0.1) is 0 Å². The minimum atomic E-state index is 0.682. The van der Waals surface area contributed by atoms with Crippen molar-refractivity contribution >= 4 is 5.82 Å². The van der Waals surface area contributed by atoms with Crippen molar-refractivity contribution in [3.63, 3.8) is 0 Å². The Morgan fingerprint density at radius 1 is 1.35 bits per heavy atom. The van der Waals surface area contributed by atoms with E-state index in [0.717, 1.165) is 49.9 Å². The Bertz CT molecular complexity index is 418. The Morgan fingerprint density at radius 2 is 2.10 bits per heavy atom. The summed E-state index contributed by atoms with van der Waals surface area (Å²) in [5, 5.41) is 3.43. The molecule has 0 spiro atoms. The van der Waals surface area contributed by atoms with Crippen molar-refractivity contribution in [2.45, 2.75) is 33.1 Å². The van der Waals surface area contributed by atoms with Crippen molar-refractivity contribution < 1.29 is 4.74 Å². The number of methoxy groups -OCH3 is 1. The summed E-state index contributed by atoms with van der Waals surface area (Å²) in [6.07, 6.45) is 5.23. The van der Waals surface area contributed by atoms with E-state index in [-0.39, 0.29) is 0 Å². The third-order valence-electron chi connectivity index (χ3n) is 3.93. The van der Waals surface area contributed by atoms with Gasteiger partial charge in [0.25, 0.3) is 0 Å². The van der Waals surface area contributed by atoms with Gasteiger partial charge in [-0.3, -0.25) is 0 Å². The highest BCUT2D eigenvalue weighted by Crippen LogP contribution is 2.25. The zero-order chi connectivity index (χ0) is 14.4. The van der Waals surface area contributed by atoms with Gasteiger partial charge in [0, 0.05) is 13.1 Å². The number of hydrogen-bond donors (Lipinski definition) is 1. The normalized spacial score (nSPS) is 16.1. The maximum atomic E-state index is 5.32. The molecule has 0 aromatic carbocycles. The highest BCUT2D eigenvalue weighted by atomic mass is 16.5. The molecule has 20 heavy (non-hydrogen) atoms. The smallest absolute Gasteiger partial charge is 0.221 e. The van der Waals surface area contributed by atoms with Crippen molar-refractivity contribution in [1.82, 2.24) is 15.3 Å². The molecule has 0 radical (unpaired) electrons. The van der Waals surface area contributed by atoms with E-state index < -0.39 is 0 Å². The molecule has 2 rings (SSSR count). The Morgan fingerprint density at radius 3 is 2.75 bits per heavy atom. The summed E-state index contributed by atoms with van der Waals surface area (Å²) in [4.78, 5) is 11.1. The third kappa shape index (κ3) is 3.60. The molecule has 5 heteroatoms. The molecule has 0 unspecified atom stereocenters. The fourth-order valence-electron chi connectivity index (χ4n) is 2.88. The number of nitrogens with one attached hydrogen (secondary N) is 1. The SMILES string of the molecule is CCCN(CC1CCNCC1)c1ncnc(OC)c1C. The van der Waals surface area contributed by atoms with Crippen LogP contribution in [0, 0.1) is 12.8 Å². The van der Waals surface area contributed by atoms with Crippen LogP contribution in [-0.2, 0) is 0 Å². The summed E-state index contributed by atoms with van der Waals surface area (Å²) in [7, 11) is 1.66. The second-order valence-corrected chi connectivity index (χ2v) is 5.47. The van der Waals surface area contributed by atoms with Crippen LogP contribution in [0.25, 0.3) is 0 Å². The van der Waals surface area contributed by atoms with Gasteiger partial charge >= 0.3 is 0 Å². The van der Waals surface area contributed by atoms with E-state index in [0.29, 0.717) is 5.88 Å². The summed E-state index contributed by atoms with van der Waals surface area (Å²) >= 11 is 0. The first-order chi connectivity index (χ1) is 9.76. The summed E-state index contributed by atoms with van der Waals surface area (Å²) in [5.41, 5.74) is 1.04. The molecule has 0 bridgehead atoms. The minimum absolute atomic E-state index is 0.682. The van der Waals surface area contributed by atoms with Crippen molar-refractivity contribution in [3.8, 4) is 5.88 Å². The molecule has 0 amide bonds. The van der Waals surface area contributed by atoms with Gasteiger partial charge in [0.1, 0.15) is 12.1 Å². The molecule has 0 saturated carbocycles. The molecule has 2 heterocycles. The number of anilines is 1. The quantitative estimate of drug-likeness (QED) is 0.862. The first-order valence-corrected chi connectivity index (χ1v) is 7.57. The first kappa shape index (κ1) is 15.0. The highest BCUT2D eigenvalue weighted by molar-refractivity contribution is 5.50. The monoisotopic (exact) mass is 278 g/mol. The van der Waals surface area contributed by atoms with Crippen LogP contribution >= 0.6 is 0 Å². The van der Waals surface area contributed by atoms with Gasteiger partial charge in [0.15, 0.2) is 0 Å². The Kier molecular flexibility index (Phi) is 5.59. The molecule has 1 fully saturated rings. The zero-order valence-electron chi connectivity index (χ0n) is 12.9. The minimum Gasteiger partial charge on any atom is -0.481 e. The van der Waals surface area contributed by atoms with E-state index in [2.05, 4.69) is 27.1 Å². The van der Waals surface area contributed by atoms with E-state index in [9.17, 15) is 0 Å². The number of piperidine rings is 1. The maximum absolute atomic E-state index is 5.32. The fraction of sp³-hybridized carbons (Fsp3) is 0.733. The van der Waals surface area contributed by atoms with Gasteiger partial charge in [0.05, 0.1) is 12.7 Å². The molecule has 1 aromatic rings. The predicted octanol–water partition coefficient (Wildman–Crippen LogP) is 2.01. The molecule has 1 aliphatic rings. The van der Waals surface area contributed by atoms with Crippen molar-refractivity contribution in [3.05, 3.63) is 11.9 Å². The van der Waals surface area contributed by atoms with Crippen LogP contribution in [0.4, 0.5) is 5.82 Å². The van der Waals surface area contributed by atoms with E-state index in [1.165, 1.54) is 12.8 Å². The Balaban J connectivity index is 2.14. The van der Waals surface area contributed by atoms with Crippen LogP contribution in [0.5, 0.6) is 5.88 Å². The molecule has 0 atom stereocenters. The average Bonchev–Trinajstić information content (AvgIpc) is 2.48. The molecule has 1 aromatic heterocycles. The molecular formula is C15H26N4O. The van der Waals surface area contributed by atoms with Gasteiger partial charge in [0.2, 0.25) is 5.88 Å². The zero-order valence-corrected chi connectivity index (χ0v) is 12.9. The second-order valence-electron chi connectivity index (χ2n) is 5.47. The molecule has 5 nitrogen and oxygen atoms in total. The first-order valence-electron chi connectivity index (χ1n) is 7.57. The number of rotatable bonds is 6. The lowest BCUT2D eigenvalue weighted by Crippen LogP contribution is -2.37. The second kappa shape index (κ2) is 7.43. The third-order valence-corrected chi connectivity index (χ3v) is 3.93. The fourth-order valence-corrected chi connectivity index (χ4v) is 2.88. The van der Waals surface area contributed by atoms with E-state index >= 15 is 0 Å². The van der Waals surface area contributed by atoms with Crippen LogP contribution in [0.3, 0.4) is 0 Å². The summed E-state index contributed by atoms with van der Waals surface area (Å²) in [5.74, 6) is 2.46. The van der Waals surface area contributed by atoms with E-state index in [4.69, 9.17) is 4.74 Å². The van der Waals surface area contributed by atoms with Crippen molar-refractivity contribution in [2.75, 3.05) is 38.2 Å². The molecule has 112 valence electrons. The largest absolute Gasteiger partial charge is 0.481 e. The van der Waals surface area contributed by atoms with Gasteiger partial charge in [-0.1, -0.05) is 6.92 Å². The predicted molar refractivity (Wildman–Crippen MR) is 81.4 cm³/mol. The number of hydrogen-bond acceptors (Lipinski definition) is 5. The lowest BCUT2D eigenvalue weighted by atomic mass is 9.97. The van der Waals surface area contributed by atoms with Crippen LogP contribution in [0.1, 0.15) is 31.7 Å². The maximum Gasteiger partial charge on any atom is 0.221 e. The molecule has 1 N–H and O–H groups in total. The average molecular weight is 278 g/mol. The van der Waals surface area contributed by atoms with Gasteiger partial charge < -0.3 is 15.0 Å². The molecule has 1 aliphatic heterocycles. The van der Waals surface area contributed by atoms with Crippen LogP contribution < -0.4 is 15.0 Å². The van der Waals surface area contributed by atoms with Gasteiger partial charge in [-0.25, -0.2) is 9.97 Å².